The van der Waals surface area contributed by atoms with Crippen molar-refractivity contribution in [2.24, 2.45) is 0 Å². The van der Waals surface area contributed by atoms with E-state index in [4.69, 9.17) is 0 Å². The third-order valence-electron chi connectivity index (χ3n) is 3.68. The SMILES string of the molecule is CNC(C)Nc1c2ccccc2nc2cccc([N+](=O)[O-])c12.Cl. The minimum atomic E-state index is -0.367. The number of pyridine rings is 1. The molecule has 0 aliphatic rings. The molecule has 0 amide bonds. The summed E-state index contributed by atoms with van der Waals surface area (Å²) < 4.78 is 0. The molecule has 1 unspecified atom stereocenters. The van der Waals surface area contributed by atoms with Crippen LogP contribution >= 0.6 is 12.4 Å². The molecule has 23 heavy (non-hydrogen) atoms. The molecule has 0 saturated heterocycles. The summed E-state index contributed by atoms with van der Waals surface area (Å²) >= 11 is 0. The minimum absolute atomic E-state index is 0. The van der Waals surface area contributed by atoms with E-state index >= 15 is 0 Å². The largest absolute Gasteiger partial charge is 0.369 e. The number of non-ortho nitro benzene ring substituents is 1. The molecule has 1 aromatic heterocycles. The molecule has 0 aliphatic carbocycles. The molecule has 0 fully saturated rings. The molecule has 3 rings (SSSR count). The molecule has 1 atom stereocenters. The number of anilines is 1. The summed E-state index contributed by atoms with van der Waals surface area (Å²) in [5.41, 5.74) is 2.20. The molecular weight excluding hydrogens is 316 g/mol. The summed E-state index contributed by atoms with van der Waals surface area (Å²) in [7, 11) is 1.83. The van der Waals surface area contributed by atoms with E-state index in [9.17, 15) is 10.1 Å². The van der Waals surface area contributed by atoms with Crippen LogP contribution in [-0.4, -0.2) is 23.1 Å². The number of halogens is 1. The topological polar surface area (TPSA) is 80.1 Å². The van der Waals surface area contributed by atoms with Crippen molar-refractivity contribution >= 4 is 45.6 Å². The first-order valence-electron chi connectivity index (χ1n) is 7.01. The van der Waals surface area contributed by atoms with Crippen LogP contribution in [-0.2, 0) is 0 Å². The van der Waals surface area contributed by atoms with Gasteiger partial charge in [0.05, 0.1) is 27.8 Å². The van der Waals surface area contributed by atoms with E-state index in [-0.39, 0.29) is 29.2 Å². The van der Waals surface area contributed by atoms with E-state index in [0.717, 1.165) is 16.6 Å². The lowest BCUT2D eigenvalue weighted by molar-refractivity contribution is -0.383. The third-order valence-corrected chi connectivity index (χ3v) is 3.68. The molecule has 0 bridgehead atoms. The number of nitro groups is 1. The number of nitrogens with zero attached hydrogens (tertiary/aromatic N) is 2. The second kappa shape index (κ2) is 6.76. The average molecular weight is 333 g/mol. The number of aromatic nitrogens is 1. The number of nitrogens with one attached hydrogen (secondary N) is 2. The van der Waals surface area contributed by atoms with Crippen molar-refractivity contribution in [3.63, 3.8) is 0 Å². The second-order valence-electron chi connectivity index (χ2n) is 5.09. The van der Waals surface area contributed by atoms with Gasteiger partial charge in [-0.15, -0.1) is 12.4 Å². The Morgan fingerprint density at radius 2 is 1.83 bits per heavy atom. The highest BCUT2D eigenvalue weighted by atomic mass is 35.5. The Morgan fingerprint density at radius 1 is 1.13 bits per heavy atom. The minimum Gasteiger partial charge on any atom is -0.369 e. The Morgan fingerprint density at radius 3 is 2.52 bits per heavy atom. The van der Waals surface area contributed by atoms with Crippen molar-refractivity contribution in [3.05, 3.63) is 52.6 Å². The molecule has 1 heterocycles. The van der Waals surface area contributed by atoms with Crippen molar-refractivity contribution in [2.45, 2.75) is 13.1 Å². The standard InChI is InChI=1S/C16H16N4O2.ClH/c1-10(17-2)18-16-11-6-3-4-7-12(11)19-13-8-5-9-14(15(13)16)20(21)22;/h3-10,17H,1-2H3,(H,18,19);1H. The predicted molar refractivity (Wildman–Crippen MR) is 95.3 cm³/mol. The normalized spacial score (nSPS) is 11.9. The second-order valence-corrected chi connectivity index (χ2v) is 5.09. The summed E-state index contributed by atoms with van der Waals surface area (Å²) in [4.78, 5) is 15.6. The number of fused-ring (bicyclic) bond motifs is 2. The fraction of sp³-hybridized carbons (Fsp3) is 0.188. The molecule has 3 aromatic rings. The fourth-order valence-corrected chi connectivity index (χ4v) is 2.52. The van der Waals surface area contributed by atoms with E-state index in [1.165, 1.54) is 6.07 Å². The van der Waals surface area contributed by atoms with Crippen LogP contribution in [0.5, 0.6) is 0 Å². The van der Waals surface area contributed by atoms with Gasteiger partial charge >= 0.3 is 0 Å². The van der Waals surface area contributed by atoms with Crippen LogP contribution < -0.4 is 10.6 Å². The number of benzene rings is 2. The molecule has 0 radical (unpaired) electrons. The van der Waals surface area contributed by atoms with Gasteiger partial charge in [-0.1, -0.05) is 24.3 Å². The summed E-state index contributed by atoms with van der Waals surface area (Å²) in [6.45, 7) is 1.95. The Hall–Kier alpha value is -2.44. The highest BCUT2D eigenvalue weighted by Crippen LogP contribution is 2.36. The maximum absolute atomic E-state index is 11.4. The summed E-state index contributed by atoms with van der Waals surface area (Å²) in [6.07, 6.45) is -0.0335. The van der Waals surface area contributed by atoms with Gasteiger partial charge in [-0.05, 0) is 26.1 Å². The lowest BCUT2D eigenvalue weighted by atomic mass is 10.1. The van der Waals surface area contributed by atoms with Crippen molar-refractivity contribution in [1.29, 1.82) is 0 Å². The molecule has 120 valence electrons. The van der Waals surface area contributed by atoms with E-state index < -0.39 is 0 Å². The quantitative estimate of drug-likeness (QED) is 0.329. The van der Waals surface area contributed by atoms with Gasteiger partial charge in [-0.3, -0.25) is 10.1 Å². The van der Waals surface area contributed by atoms with Crippen LogP contribution in [0.2, 0.25) is 0 Å². The Kier molecular flexibility index (Phi) is 4.98. The molecule has 0 spiro atoms. The van der Waals surface area contributed by atoms with Gasteiger partial charge in [0.1, 0.15) is 5.39 Å². The predicted octanol–water partition coefficient (Wildman–Crippen LogP) is 3.70. The highest BCUT2D eigenvalue weighted by molar-refractivity contribution is 6.11. The van der Waals surface area contributed by atoms with Crippen molar-refractivity contribution < 1.29 is 4.92 Å². The maximum Gasteiger partial charge on any atom is 0.280 e. The van der Waals surface area contributed by atoms with E-state index in [1.807, 2.05) is 38.2 Å². The molecule has 0 saturated carbocycles. The van der Waals surface area contributed by atoms with Crippen LogP contribution in [0.15, 0.2) is 42.5 Å². The van der Waals surface area contributed by atoms with E-state index in [1.54, 1.807) is 12.1 Å². The molecule has 0 aliphatic heterocycles. The van der Waals surface area contributed by atoms with Gasteiger partial charge in [0.25, 0.3) is 5.69 Å². The van der Waals surface area contributed by atoms with Crippen LogP contribution in [0.4, 0.5) is 11.4 Å². The molecule has 6 nitrogen and oxygen atoms in total. The highest BCUT2D eigenvalue weighted by Gasteiger charge is 2.19. The van der Waals surface area contributed by atoms with Crippen molar-refractivity contribution in [3.8, 4) is 0 Å². The lowest BCUT2D eigenvalue weighted by Gasteiger charge is -2.18. The molecular formula is C16H17ClN4O2. The van der Waals surface area contributed by atoms with Crippen LogP contribution in [0.1, 0.15) is 6.92 Å². The first-order valence-corrected chi connectivity index (χ1v) is 7.01. The third kappa shape index (κ3) is 3.04. The maximum atomic E-state index is 11.4. The summed E-state index contributed by atoms with van der Waals surface area (Å²) in [5.74, 6) is 0. The molecule has 2 N–H and O–H groups in total. The zero-order chi connectivity index (χ0) is 15.7. The molecule has 2 aromatic carbocycles. The summed E-state index contributed by atoms with van der Waals surface area (Å²) in [6, 6.07) is 12.6. The zero-order valence-corrected chi connectivity index (χ0v) is 13.6. The van der Waals surface area contributed by atoms with Gasteiger partial charge in [0.15, 0.2) is 0 Å². The number of hydrogen-bond donors (Lipinski definition) is 2. The fourth-order valence-electron chi connectivity index (χ4n) is 2.52. The number of nitro benzene ring substituents is 1. The van der Waals surface area contributed by atoms with E-state index in [0.29, 0.717) is 10.9 Å². The monoisotopic (exact) mass is 332 g/mol. The van der Waals surface area contributed by atoms with Crippen LogP contribution in [0, 0.1) is 10.1 Å². The Labute approximate surface area is 139 Å². The summed E-state index contributed by atoms with van der Waals surface area (Å²) in [5, 5.41) is 19.2. The Bertz CT molecular complexity index is 869. The number of rotatable bonds is 4. The first kappa shape index (κ1) is 16.9. The smallest absolute Gasteiger partial charge is 0.280 e. The lowest BCUT2D eigenvalue weighted by Crippen LogP contribution is -2.30. The van der Waals surface area contributed by atoms with Gasteiger partial charge in [0, 0.05) is 11.5 Å². The van der Waals surface area contributed by atoms with Crippen molar-refractivity contribution in [1.82, 2.24) is 10.3 Å². The average Bonchev–Trinajstić information content (AvgIpc) is 2.53. The van der Waals surface area contributed by atoms with Crippen LogP contribution in [0.3, 0.4) is 0 Å². The zero-order valence-electron chi connectivity index (χ0n) is 12.7. The Balaban J connectivity index is 0.00000192. The van der Waals surface area contributed by atoms with E-state index in [2.05, 4.69) is 15.6 Å². The van der Waals surface area contributed by atoms with Crippen molar-refractivity contribution in [2.75, 3.05) is 12.4 Å². The number of para-hydroxylation sites is 1. The van der Waals surface area contributed by atoms with Crippen LogP contribution in [0.25, 0.3) is 21.8 Å². The first-order chi connectivity index (χ1) is 10.6. The van der Waals surface area contributed by atoms with Gasteiger partial charge < -0.3 is 10.6 Å². The van der Waals surface area contributed by atoms with Gasteiger partial charge in [-0.25, -0.2) is 4.98 Å². The van der Waals surface area contributed by atoms with Gasteiger partial charge in [0.2, 0.25) is 0 Å². The molecule has 7 heteroatoms. The van der Waals surface area contributed by atoms with Gasteiger partial charge in [-0.2, -0.15) is 0 Å². The number of hydrogen-bond acceptors (Lipinski definition) is 5.